The number of carbonyl (C=O) groups is 1. The molecule has 9 nitrogen and oxygen atoms in total. The molecule has 0 atom stereocenters. The molecule has 0 bridgehead atoms. The van der Waals surface area contributed by atoms with E-state index < -0.39 is 27.3 Å². The van der Waals surface area contributed by atoms with E-state index in [-0.39, 0.29) is 17.1 Å². The van der Waals surface area contributed by atoms with Gasteiger partial charge in [0, 0.05) is 23.9 Å². The lowest BCUT2D eigenvalue weighted by molar-refractivity contribution is -0.387. The number of rotatable bonds is 6. The number of hydrogen-bond acceptors (Lipinski definition) is 8. The summed E-state index contributed by atoms with van der Waals surface area (Å²) in [5.41, 5.74) is -0.0807. The van der Waals surface area contributed by atoms with Crippen molar-refractivity contribution in [1.82, 2.24) is 4.98 Å². The highest BCUT2D eigenvalue weighted by molar-refractivity contribution is 8.01. The van der Waals surface area contributed by atoms with Crippen LogP contribution >= 0.6 is 23.1 Å². The highest BCUT2D eigenvalue weighted by atomic mass is 32.2. The minimum Gasteiger partial charge on any atom is -0.325 e. The van der Waals surface area contributed by atoms with Crippen LogP contribution in [0.4, 0.5) is 21.5 Å². The Labute approximate surface area is 158 Å². The van der Waals surface area contributed by atoms with Crippen molar-refractivity contribution in [2.24, 2.45) is 0 Å². The third-order valence-corrected chi connectivity index (χ3v) is 5.48. The topological polar surface area (TPSA) is 128 Å². The van der Waals surface area contributed by atoms with Crippen molar-refractivity contribution in [2.75, 3.05) is 11.1 Å². The number of thiazole rings is 1. The molecule has 3 rings (SSSR count). The second-order valence-electron chi connectivity index (χ2n) is 5.15. The summed E-state index contributed by atoms with van der Waals surface area (Å²) < 4.78 is 14.5. The molecule has 12 heteroatoms. The molecule has 1 heterocycles. The van der Waals surface area contributed by atoms with Gasteiger partial charge in [-0.1, -0.05) is 11.8 Å². The van der Waals surface area contributed by atoms with E-state index in [4.69, 9.17) is 0 Å². The normalized spacial score (nSPS) is 10.7. The molecule has 0 aliphatic heterocycles. The van der Waals surface area contributed by atoms with Gasteiger partial charge in [0.25, 0.3) is 5.69 Å². The molecule has 0 unspecified atom stereocenters. The van der Waals surface area contributed by atoms with Gasteiger partial charge >= 0.3 is 5.69 Å². The summed E-state index contributed by atoms with van der Waals surface area (Å²) in [5, 5.41) is 24.0. The molecule has 1 aromatic heterocycles. The summed E-state index contributed by atoms with van der Waals surface area (Å²) in [5.74, 6) is -1.48. The minimum atomic E-state index is -0.990. The quantitative estimate of drug-likeness (QED) is 0.371. The van der Waals surface area contributed by atoms with Crippen LogP contribution in [0.15, 0.2) is 40.7 Å². The second-order valence-corrected chi connectivity index (χ2v) is 7.40. The Kier molecular flexibility index (Phi) is 5.28. The SMILES string of the molecule is O=C(CSc1nc2ccc([N+](=O)[O-])cc2s1)Nc1ccc(F)c([N+](=O)[O-])c1. The lowest BCUT2D eigenvalue weighted by atomic mass is 10.2. The van der Waals surface area contributed by atoms with Crippen molar-refractivity contribution < 1.29 is 19.0 Å². The van der Waals surface area contributed by atoms with Crippen LogP contribution in [-0.2, 0) is 4.79 Å². The predicted molar refractivity (Wildman–Crippen MR) is 98.7 cm³/mol. The average Bonchev–Trinajstić information content (AvgIpc) is 3.03. The highest BCUT2D eigenvalue weighted by Crippen LogP contribution is 2.32. The van der Waals surface area contributed by atoms with E-state index >= 15 is 0 Å². The van der Waals surface area contributed by atoms with Gasteiger partial charge in [-0.05, 0) is 18.2 Å². The molecule has 2 aromatic carbocycles. The monoisotopic (exact) mass is 408 g/mol. The summed E-state index contributed by atoms with van der Waals surface area (Å²) in [6, 6.07) is 7.36. The maximum absolute atomic E-state index is 13.3. The average molecular weight is 408 g/mol. The summed E-state index contributed by atoms with van der Waals surface area (Å²) in [6.07, 6.45) is 0. The van der Waals surface area contributed by atoms with E-state index in [0.29, 0.717) is 14.6 Å². The van der Waals surface area contributed by atoms with E-state index in [1.807, 2.05) is 0 Å². The second kappa shape index (κ2) is 7.63. The van der Waals surface area contributed by atoms with E-state index in [1.54, 1.807) is 0 Å². The number of nitro groups is 2. The van der Waals surface area contributed by atoms with Crippen molar-refractivity contribution in [1.29, 1.82) is 0 Å². The number of nitro benzene ring substituents is 2. The van der Waals surface area contributed by atoms with Crippen molar-refractivity contribution in [3.63, 3.8) is 0 Å². The first-order valence-corrected chi connectivity index (χ1v) is 9.05. The number of thioether (sulfide) groups is 1. The molecular formula is C15H9FN4O5S2. The fraction of sp³-hybridized carbons (Fsp3) is 0.0667. The fourth-order valence-electron chi connectivity index (χ4n) is 2.12. The number of benzene rings is 2. The Balaban J connectivity index is 1.65. The van der Waals surface area contributed by atoms with Gasteiger partial charge in [0.2, 0.25) is 11.7 Å². The number of hydrogen-bond donors (Lipinski definition) is 1. The third-order valence-electron chi connectivity index (χ3n) is 3.32. The summed E-state index contributed by atoms with van der Waals surface area (Å²) >= 11 is 2.33. The number of halogens is 1. The van der Waals surface area contributed by atoms with Gasteiger partial charge in [-0.25, -0.2) is 4.98 Å². The van der Waals surface area contributed by atoms with Crippen molar-refractivity contribution in [3.8, 4) is 0 Å². The molecular weight excluding hydrogens is 399 g/mol. The van der Waals surface area contributed by atoms with Crippen LogP contribution in [-0.4, -0.2) is 26.5 Å². The van der Waals surface area contributed by atoms with Gasteiger partial charge < -0.3 is 5.32 Å². The maximum Gasteiger partial charge on any atom is 0.306 e. The van der Waals surface area contributed by atoms with Crippen LogP contribution < -0.4 is 5.32 Å². The van der Waals surface area contributed by atoms with Gasteiger partial charge in [0.05, 0.1) is 25.8 Å². The number of carbonyl (C=O) groups excluding carboxylic acids is 1. The van der Waals surface area contributed by atoms with Gasteiger partial charge in [-0.15, -0.1) is 11.3 Å². The standard InChI is InChI=1S/C15H9FN4O5S2/c16-10-3-1-8(5-12(10)20(24)25)17-14(21)7-26-15-18-11-4-2-9(19(22)23)6-13(11)27-15/h1-6H,7H2,(H,17,21). The molecule has 1 amide bonds. The van der Waals surface area contributed by atoms with Crippen LogP contribution in [0.2, 0.25) is 0 Å². The number of non-ortho nitro benzene ring substituents is 1. The molecule has 0 fully saturated rings. The Morgan fingerprint density at radius 2 is 1.96 bits per heavy atom. The predicted octanol–water partition coefficient (Wildman–Crippen LogP) is 3.98. The molecule has 0 saturated heterocycles. The maximum atomic E-state index is 13.3. The zero-order chi connectivity index (χ0) is 19.6. The molecule has 3 aromatic rings. The summed E-state index contributed by atoms with van der Waals surface area (Å²) in [6.45, 7) is 0. The molecule has 0 aliphatic carbocycles. The van der Waals surface area contributed by atoms with Crippen LogP contribution in [0.25, 0.3) is 10.2 Å². The Hall–Kier alpha value is -3.12. The van der Waals surface area contributed by atoms with Crippen molar-refractivity contribution in [3.05, 3.63) is 62.4 Å². The van der Waals surface area contributed by atoms with E-state index in [1.165, 1.54) is 35.6 Å². The Morgan fingerprint density at radius 1 is 1.19 bits per heavy atom. The molecule has 0 aliphatic rings. The Morgan fingerprint density at radius 3 is 2.67 bits per heavy atom. The van der Waals surface area contributed by atoms with Crippen LogP contribution in [0.1, 0.15) is 0 Å². The zero-order valence-electron chi connectivity index (χ0n) is 13.2. The molecule has 0 spiro atoms. The first kappa shape index (κ1) is 18.7. The lowest BCUT2D eigenvalue weighted by Gasteiger charge is -2.04. The Bertz CT molecular complexity index is 1070. The minimum absolute atomic E-state index is 0.0346. The smallest absolute Gasteiger partial charge is 0.306 e. The number of fused-ring (bicyclic) bond motifs is 1. The van der Waals surface area contributed by atoms with Gasteiger partial charge in [0.15, 0.2) is 4.34 Å². The van der Waals surface area contributed by atoms with E-state index in [9.17, 15) is 29.4 Å². The molecule has 0 saturated carbocycles. The van der Waals surface area contributed by atoms with Crippen LogP contribution in [0.3, 0.4) is 0 Å². The number of amides is 1. The number of anilines is 1. The van der Waals surface area contributed by atoms with E-state index in [2.05, 4.69) is 10.3 Å². The first-order chi connectivity index (χ1) is 12.8. The highest BCUT2D eigenvalue weighted by Gasteiger charge is 2.16. The van der Waals surface area contributed by atoms with Crippen molar-refractivity contribution in [2.45, 2.75) is 4.34 Å². The van der Waals surface area contributed by atoms with Crippen molar-refractivity contribution >= 4 is 56.3 Å². The third kappa shape index (κ3) is 4.35. The van der Waals surface area contributed by atoms with Gasteiger partial charge in [-0.2, -0.15) is 4.39 Å². The molecule has 1 N–H and O–H groups in total. The number of nitrogens with one attached hydrogen (secondary N) is 1. The summed E-state index contributed by atoms with van der Waals surface area (Å²) in [7, 11) is 0. The van der Waals surface area contributed by atoms with Gasteiger partial charge in [-0.3, -0.25) is 25.0 Å². The van der Waals surface area contributed by atoms with E-state index in [0.717, 1.165) is 23.9 Å². The van der Waals surface area contributed by atoms with Gasteiger partial charge in [0.1, 0.15) is 0 Å². The molecule has 27 heavy (non-hydrogen) atoms. The van der Waals surface area contributed by atoms with Crippen LogP contribution in [0.5, 0.6) is 0 Å². The number of nitrogens with zero attached hydrogens (tertiary/aromatic N) is 3. The van der Waals surface area contributed by atoms with Crippen LogP contribution in [0, 0.1) is 26.0 Å². The molecule has 0 radical (unpaired) electrons. The zero-order valence-corrected chi connectivity index (χ0v) is 14.9. The summed E-state index contributed by atoms with van der Waals surface area (Å²) in [4.78, 5) is 36.4. The first-order valence-electron chi connectivity index (χ1n) is 7.25. The number of aromatic nitrogens is 1. The molecule has 138 valence electrons. The largest absolute Gasteiger partial charge is 0.325 e. The fourth-order valence-corrected chi connectivity index (χ4v) is 4.02. The lowest BCUT2D eigenvalue weighted by Crippen LogP contribution is -2.14.